The van der Waals surface area contributed by atoms with Gasteiger partial charge in [-0.05, 0) is 67.7 Å². The molecule has 1 fully saturated rings. The third-order valence-electron chi connectivity index (χ3n) is 4.95. The first-order valence-electron chi connectivity index (χ1n) is 8.61. The molecule has 1 atom stereocenters. The smallest absolute Gasteiger partial charge is 0.123 e. The van der Waals surface area contributed by atoms with Crippen LogP contribution in [0.3, 0.4) is 0 Å². The third-order valence-corrected chi connectivity index (χ3v) is 4.95. The first kappa shape index (κ1) is 15.1. The molecular weight excluding hydrogens is 296 g/mol. The lowest BCUT2D eigenvalue weighted by atomic mass is 9.99. The maximum atomic E-state index is 3.89. The largest absolute Gasteiger partial charge is 0.297 e. The molecule has 4 nitrogen and oxygen atoms in total. The van der Waals surface area contributed by atoms with Crippen LogP contribution in [0.1, 0.15) is 31.4 Å². The lowest BCUT2D eigenvalue weighted by molar-refractivity contribution is 0.263. The quantitative estimate of drug-likeness (QED) is 0.726. The average molecular weight is 318 g/mol. The molecular formula is C20H22N4. The van der Waals surface area contributed by atoms with Crippen LogP contribution in [0.2, 0.25) is 0 Å². The molecule has 1 aliphatic rings. The van der Waals surface area contributed by atoms with Gasteiger partial charge in [0.25, 0.3) is 0 Å². The van der Waals surface area contributed by atoms with Crippen molar-refractivity contribution in [1.29, 1.82) is 0 Å². The molecule has 122 valence electrons. The highest BCUT2D eigenvalue weighted by molar-refractivity contribution is 5.66. The van der Waals surface area contributed by atoms with Crippen LogP contribution in [0.25, 0.3) is 16.8 Å². The summed E-state index contributed by atoms with van der Waals surface area (Å²) in [7, 11) is 0. The average Bonchev–Trinajstić information content (AvgIpc) is 3.35. The Bertz CT molecular complexity index is 804. The van der Waals surface area contributed by atoms with Gasteiger partial charge in [-0.1, -0.05) is 30.3 Å². The molecule has 0 saturated carbocycles. The van der Waals surface area contributed by atoms with Crippen LogP contribution in [0, 0.1) is 0 Å². The van der Waals surface area contributed by atoms with E-state index >= 15 is 0 Å². The molecule has 0 amide bonds. The molecule has 2 aromatic carbocycles. The normalized spacial score (nSPS) is 16.4. The maximum absolute atomic E-state index is 3.89. The van der Waals surface area contributed by atoms with E-state index in [0.29, 0.717) is 6.04 Å². The second-order valence-corrected chi connectivity index (χ2v) is 6.46. The summed E-state index contributed by atoms with van der Waals surface area (Å²) in [4.78, 5) is 2.58. The molecule has 4 rings (SSSR count). The van der Waals surface area contributed by atoms with E-state index in [0.717, 1.165) is 5.69 Å². The van der Waals surface area contributed by atoms with Gasteiger partial charge in [0.1, 0.15) is 12.7 Å². The molecule has 3 aromatic rings. The second-order valence-electron chi connectivity index (χ2n) is 6.46. The summed E-state index contributed by atoms with van der Waals surface area (Å²) >= 11 is 0. The van der Waals surface area contributed by atoms with Gasteiger partial charge in [-0.3, -0.25) is 9.47 Å². The van der Waals surface area contributed by atoms with Gasteiger partial charge in [-0.15, -0.1) is 10.2 Å². The van der Waals surface area contributed by atoms with Crippen LogP contribution in [0.15, 0.2) is 61.2 Å². The third kappa shape index (κ3) is 2.97. The minimum absolute atomic E-state index is 0.480. The fourth-order valence-electron chi connectivity index (χ4n) is 3.50. The van der Waals surface area contributed by atoms with Crippen molar-refractivity contribution in [2.75, 3.05) is 13.1 Å². The van der Waals surface area contributed by atoms with E-state index in [4.69, 9.17) is 0 Å². The Morgan fingerprint density at radius 2 is 1.54 bits per heavy atom. The molecule has 1 aromatic heterocycles. The predicted octanol–water partition coefficient (Wildman–Crippen LogP) is 4.09. The molecule has 0 bridgehead atoms. The summed E-state index contributed by atoms with van der Waals surface area (Å²) in [6.45, 7) is 4.75. The molecule has 4 heteroatoms. The molecule has 1 aliphatic heterocycles. The van der Waals surface area contributed by atoms with Crippen LogP contribution in [-0.4, -0.2) is 32.8 Å². The van der Waals surface area contributed by atoms with Crippen molar-refractivity contribution in [2.45, 2.75) is 25.8 Å². The van der Waals surface area contributed by atoms with Crippen molar-refractivity contribution >= 4 is 0 Å². The van der Waals surface area contributed by atoms with Crippen LogP contribution in [0.4, 0.5) is 0 Å². The van der Waals surface area contributed by atoms with Crippen molar-refractivity contribution in [3.63, 3.8) is 0 Å². The minimum Gasteiger partial charge on any atom is -0.297 e. The van der Waals surface area contributed by atoms with Gasteiger partial charge in [0.2, 0.25) is 0 Å². The molecule has 0 unspecified atom stereocenters. The lowest BCUT2D eigenvalue weighted by Crippen LogP contribution is -2.23. The minimum atomic E-state index is 0.480. The van der Waals surface area contributed by atoms with Gasteiger partial charge in [0, 0.05) is 11.7 Å². The standard InChI is InChI=1S/C20H22N4/c1-16(23-10-2-3-11-23)17-6-4-7-18(12-17)19-8-5-9-20(13-19)24-14-21-22-15-24/h4-9,12-16H,2-3,10-11H2,1H3/t16-/m1/s1. The van der Waals surface area contributed by atoms with Gasteiger partial charge in [0.15, 0.2) is 0 Å². The number of nitrogens with zero attached hydrogens (tertiary/aromatic N) is 4. The van der Waals surface area contributed by atoms with Crippen molar-refractivity contribution in [3.05, 3.63) is 66.7 Å². The first-order valence-corrected chi connectivity index (χ1v) is 8.61. The van der Waals surface area contributed by atoms with E-state index in [2.05, 4.69) is 70.6 Å². The highest BCUT2D eigenvalue weighted by Gasteiger charge is 2.19. The zero-order valence-electron chi connectivity index (χ0n) is 14.0. The van der Waals surface area contributed by atoms with Gasteiger partial charge in [-0.25, -0.2) is 0 Å². The molecule has 0 radical (unpaired) electrons. The van der Waals surface area contributed by atoms with E-state index in [9.17, 15) is 0 Å². The van der Waals surface area contributed by atoms with Crippen LogP contribution >= 0.6 is 0 Å². The second kappa shape index (κ2) is 6.57. The molecule has 1 saturated heterocycles. The van der Waals surface area contributed by atoms with E-state index < -0.39 is 0 Å². The summed E-state index contributed by atoms with van der Waals surface area (Å²) in [5.74, 6) is 0. The Hall–Kier alpha value is -2.46. The number of benzene rings is 2. The number of rotatable bonds is 4. The summed E-state index contributed by atoms with van der Waals surface area (Å²) in [5, 5.41) is 7.78. The summed E-state index contributed by atoms with van der Waals surface area (Å²) in [6.07, 6.45) is 6.10. The zero-order valence-corrected chi connectivity index (χ0v) is 14.0. The topological polar surface area (TPSA) is 34.0 Å². The number of aromatic nitrogens is 3. The van der Waals surface area contributed by atoms with Crippen molar-refractivity contribution in [1.82, 2.24) is 19.7 Å². The van der Waals surface area contributed by atoms with Crippen molar-refractivity contribution in [3.8, 4) is 16.8 Å². The highest BCUT2D eigenvalue weighted by Crippen LogP contribution is 2.29. The maximum Gasteiger partial charge on any atom is 0.123 e. The lowest BCUT2D eigenvalue weighted by Gasteiger charge is -2.24. The van der Waals surface area contributed by atoms with Crippen LogP contribution in [-0.2, 0) is 0 Å². The van der Waals surface area contributed by atoms with E-state index in [1.165, 1.54) is 42.6 Å². The molecule has 2 heterocycles. The Morgan fingerprint density at radius 3 is 2.29 bits per heavy atom. The van der Waals surface area contributed by atoms with Crippen LogP contribution in [0.5, 0.6) is 0 Å². The number of hydrogen-bond acceptors (Lipinski definition) is 3. The summed E-state index contributed by atoms with van der Waals surface area (Å²) in [5.41, 5.74) is 4.95. The molecule has 0 aliphatic carbocycles. The van der Waals surface area contributed by atoms with E-state index in [1.807, 2.05) is 4.57 Å². The van der Waals surface area contributed by atoms with Crippen molar-refractivity contribution < 1.29 is 0 Å². The molecule has 0 spiro atoms. The molecule has 24 heavy (non-hydrogen) atoms. The SMILES string of the molecule is C[C@H](c1cccc(-c2cccc(-n3cnnc3)c2)c1)N1CCCC1. The van der Waals surface area contributed by atoms with Gasteiger partial charge >= 0.3 is 0 Å². The van der Waals surface area contributed by atoms with Gasteiger partial charge < -0.3 is 0 Å². The van der Waals surface area contributed by atoms with Crippen LogP contribution < -0.4 is 0 Å². The Morgan fingerprint density at radius 1 is 0.875 bits per heavy atom. The predicted molar refractivity (Wildman–Crippen MR) is 96.0 cm³/mol. The van der Waals surface area contributed by atoms with Gasteiger partial charge in [-0.2, -0.15) is 0 Å². The Labute approximate surface area is 142 Å². The fraction of sp³-hybridized carbons (Fsp3) is 0.300. The van der Waals surface area contributed by atoms with Crippen molar-refractivity contribution in [2.24, 2.45) is 0 Å². The fourth-order valence-corrected chi connectivity index (χ4v) is 3.50. The summed E-state index contributed by atoms with van der Waals surface area (Å²) < 4.78 is 1.93. The van der Waals surface area contributed by atoms with E-state index in [1.54, 1.807) is 12.7 Å². The summed E-state index contributed by atoms with van der Waals surface area (Å²) in [6, 6.07) is 17.9. The Balaban J connectivity index is 1.65. The monoisotopic (exact) mass is 318 g/mol. The molecule has 0 N–H and O–H groups in total. The Kier molecular flexibility index (Phi) is 4.13. The zero-order chi connectivity index (χ0) is 16.4. The highest BCUT2D eigenvalue weighted by atomic mass is 15.2. The van der Waals surface area contributed by atoms with E-state index in [-0.39, 0.29) is 0 Å². The number of likely N-dealkylation sites (tertiary alicyclic amines) is 1. The number of hydrogen-bond donors (Lipinski definition) is 0. The first-order chi connectivity index (χ1) is 11.8. The van der Waals surface area contributed by atoms with Gasteiger partial charge in [0.05, 0.1) is 0 Å².